The molecule has 6 heteroatoms. The van der Waals surface area contributed by atoms with Gasteiger partial charge in [0.1, 0.15) is 18.0 Å². The molecule has 4 N–H and O–H groups in total. The van der Waals surface area contributed by atoms with E-state index in [0.29, 0.717) is 5.82 Å². The Bertz CT molecular complexity index is 351. The number of nitrogens with zero attached hydrogens (tertiary/aromatic N) is 2. The van der Waals surface area contributed by atoms with Gasteiger partial charge in [-0.1, -0.05) is 0 Å². The Morgan fingerprint density at radius 2 is 2.00 bits per heavy atom. The molecule has 1 saturated heterocycles. The van der Waals surface area contributed by atoms with Crippen molar-refractivity contribution in [1.29, 1.82) is 0 Å². The van der Waals surface area contributed by atoms with E-state index in [4.69, 9.17) is 10.6 Å². The molecular formula is C10H17N5O. The summed E-state index contributed by atoms with van der Waals surface area (Å²) in [4.78, 5) is 8.13. The van der Waals surface area contributed by atoms with E-state index in [-0.39, 0.29) is 5.54 Å². The largest absolute Gasteiger partial charge is 0.381 e. The van der Waals surface area contributed by atoms with E-state index in [1.54, 1.807) is 6.07 Å². The van der Waals surface area contributed by atoms with Gasteiger partial charge in [-0.15, -0.1) is 0 Å². The molecule has 2 rings (SSSR count). The van der Waals surface area contributed by atoms with Crippen LogP contribution in [0.1, 0.15) is 19.8 Å². The highest BCUT2D eigenvalue weighted by Gasteiger charge is 2.27. The van der Waals surface area contributed by atoms with Crippen molar-refractivity contribution >= 4 is 11.6 Å². The van der Waals surface area contributed by atoms with Gasteiger partial charge in [-0.05, 0) is 19.8 Å². The first kappa shape index (κ1) is 11.1. The van der Waals surface area contributed by atoms with Crippen molar-refractivity contribution < 1.29 is 4.74 Å². The summed E-state index contributed by atoms with van der Waals surface area (Å²) < 4.78 is 5.34. The van der Waals surface area contributed by atoms with Gasteiger partial charge in [-0.25, -0.2) is 15.8 Å². The molecule has 0 radical (unpaired) electrons. The summed E-state index contributed by atoms with van der Waals surface area (Å²) >= 11 is 0. The zero-order chi connectivity index (χ0) is 11.4. The first-order chi connectivity index (χ1) is 7.72. The number of nitrogen functional groups attached to an aromatic ring is 1. The maximum atomic E-state index is 5.34. The highest BCUT2D eigenvalue weighted by Crippen LogP contribution is 2.24. The lowest BCUT2D eigenvalue weighted by Crippen LogP contribution is -2.40. The molecule has 0 aliphatic carbocycles. The van der Waals surface area contributed by atoms with Crippen molar-refractivity contribution in [2.75, 3.05) is 24.0 Å². The lowest BCUT2D eigenvalue weighted by molar-refractivity contribution is 0.0657. The van der Waals surface area contributed by atoms with E-state index < -0.39 is 0 Å². The summed E-state index contributed by atoms with van der Waals surface area (Å²) in [5, 5.41) is 3.41. The average Bonchev–Trinajstić information content (AvgIpc) is 2.29. The standard InChI is InChI=1S/C10H17N5O/c1-10(2-4-16-5-3-10)14-8-6-9(15-11)13-7-12-8/h6-7H,2-5,11H2,1H3,(H2,12,13,14,15). The molecule has 1 aliphatic heterocycles. The number of aromatic nitrogens is 2. The van der Waals surface area contributed by atoms with Gasteiger partial charge in [-0.2, -0.15) is 0 Å². The van der Waals surface area contributed by atoms with E-state index in [9.17, 15) is 0 Å². The topological polar surface area (TPSA) is 85.1 Å². The molecule has 0 amide bonds. The van der Waals surface area contributed by atoms with E-state index in [1.807, 2.05) is 0 Å². The van der Waals surface area contributed by atoms with Gasteiger partial charge < -0.3 is 15.5 Å². The number of hydrogen-bond acceptors (Lipinski definition) is 6. The van der Waals surface area contributed by atoms with Crippen molar-refractivity contribution in [3.63, 3.8) is 0 Å². The number of anilines is 2. The molecule has 0 spiro atoms. The van der Waals surface area contributed by atoms with Crippen LogP contribution in [0.3, 0.4) is 0 Å². The van der Waals surface area contributed by atoms with E-state index in [2.05, 4.69) is 27.6 Å². The molecule has 0 bridgehead atoms. The van der Waals surface area contributed by atoms with Crippen LogP contribution in [0.15, 0.2) is 12.4 Å². The van der Waals surface area contributed by atoms with Crippen molar-refractivity contribution in [1.82, 2.24) is 9.97 Å². The Kier molecular flexibility index (Phi) is 3.21. The molecule has 1 fully saturated rings. The molecular weight excluding hydrogens is 206 g/mol. The quantitative estimate of drug-likeness (QED) is 0.518. The first-order valence-electron chi connectivity index (χ1n) is 5.36. The van der Waals surface area contributed by atoms with Crippen LogP contribution in [0.4, 0.5) is 11.6 Å². The third kappa shape index (κ3) is 2.59. The van der Waals surface area contributed by atoms with Crippen LogP contribution >= 0.6 is 0 Å². The minimum atomic E-state index is 0.0402. The van der Waals surface area contributed by atoms with Crippen molar-refractivity contribution in [3.05, 3.63) is 12.4 Å². The number of hydrogen-bond donors (Lipinski definition) is 3. The van der Waals surface area contributed by atoms with Crippen LogP contribution < -0.4 is 16.6 Å². The van der Waals surface area contributed by atoms with Crippen molar-refractivity contribution in [3.8, 4) is 0 Å². The predicted octanol–water partition coefficient (Wildman–Crippen LogP) is 0.743. The van der Waals surface area contributed by atoms with Gasteiger partial charge >= 0.3 is 0 Å². The molecule has 1 aromatic heterocycles. The summed E-state index contributed by atoms with van der Waals surface area (Å²) in [5.41, 5.74) is 2.54. The summed E-state index contributed by atoms with van der Waals surface area (Å²) in [6, 6.07) is 1.79. The molecule has 0 aromatic carbocycles. The number of nitrogens with one attached hydrogen (secondary N) is 2. The molecule has 16 heavy (non-hydrogen) atoms. The molecule has 1 aromatic rings. The van der Waals surface area contributed by atoms with Crippen molar-refractivity contribution in [2.24, 2.45) is 5.84 Å². The fourth-order valence-corrected chi connectivity index (χ4v) is 1.76. The predicted molar refractivity (Wildman–Crippen MR) is 61.9 cm³/mol. The highest BCUT2D eigenvalue weighted by atomic mass is 16.5. The lowest BCUT2D eigenvalue weighted by atomic mass is 9.92. The summed E-state index contributed by atoms with van der Waals surface area (Å²) in [6.45, 7) is 3.75. The number of hydrazine groups is 1. The Morgan fingerprint density at radius 1 is 1.31 bits per heavy atom. The summed E-state index contributed by atoms with van der Waals surface area (Å²) in [6.07, 6.45) is 3.44. The Hall–Kier alpha value is -1.40. The first-order valence-corrected chi connectivity index (χ1v) is 5.36. The molecule has 88 valence electrons. The Balaban J connectivity index is 2.07. The Morgan fingerprint density at radius 3 is 2.69 bits per heavy atom. The normalized spacial score (nSPS) is 19.1. The second-order valence-electron chi connectivity index (χ2n) is 4.23. The molecule has 0 saturated carbocycles. The summed E-state index contributed by atoms with van der Waals surface area (Å²) in [5.74, 6) is 6.69. The third-order valence-corrected chi connectivity index (χ3v) is 2.84. The SMILES string of the molecule is CC1(Nc2cc(NN)ncn2)CCOCC1. The fraction of sp³-hybridized carbons (Fsp3) is 0.600. The average molecular weight is 223 g/mol. The van der Waals surface area contributed by atoms with Gasteiger partial charge in [-0.3, -0.25) is 0 Å². The maximum absolute atomic E-state index is 5.34. The molecule has 1 aliphatic rings. The van der Waals surface area contributed by atoms with Gasteiger partial charge in [0.05, 0.1) is 0 Å². The van der Waals surface area contributed by atoms with Gasteiger partial charge in [0, 0.05) is 24.8 Å². The smallest absolute Gasteiger partial charge is 0.145 e. The van der Waals surface area contributed by atoms with E-state index in [1.165, 1.54) is 6.33 Å². The monoisotopic (exact) mass is 223 g/mol. The van der Waals surface area contributed by atoms with Gasteiger partial charge in [0.15, 0.2) is 0 Å². The van der Waals surface area contributed by atoms with Crippen LogP contribution in [0.25, 0.3) is 0 Å². The van der Waals surface area contributed by atoms with E-state index >= 15 is 0 Å². The van der Waals surface area contributed by atoms with Gasteiger partial charge in [0.2, 0.25) is 0 Å². The minimum absolute atomic E-state index is 0.0402. The molecule has 0 unspecified atom stereocenters. The van der Waals surface area contributed by atoms with Crippen LogP contribution in [0.2, 0.25) is 0 Å². The zero-order valence-electron chi connectivity index (χ0n) is 9.36. The minimum Gasteiger partial charge on any atom is -0.381 e. The molecule has 0 atom stereocenters. The van der Waals surface area contributed by atoms with Crippen LogP contribution in [0.5, 0.6) is 0 Å². The Labute approximate surface area is 94.6 Å². The molecule has 6 nitrogen and oxygen atoms in total. The number of rotatable bonds is 3. The second kappa shape index (κ2) is 4.63. The van der Waals surface area contributed by atoms with Crippen LogP contribution in [-0.2, 0) is 4.74 Å². The third-order valence-electron chi connectivity index (χ3n) is 2.84. The fourth-order valence-electron chi connectivity index (χ4n) is 1.76. The zero-order valence-corrected chi connectivity index (χ0v) is 9.36. The number of nitrogens with two attached hydrogens (primary N) is 1. The van der Waals surface area contributed by atoms with Crippen molar-refractivity contribution in [2.45, 2.75) is 25.3 Å². The van der Waals surface area contributed by atoms with E-state index in [0.717, 1.165) is 31.9 Å². The van der Waals surface area contributed by atoms with Gasteiger partial charge in [0.25, 0.3) is 0 Å². The lowest BCUT2D eigenvalue weighted by Gasteiger charge is -2.34. The number of ether oxygens (including phenoxy) is 1. The maximum Gasteiger partial charge on any atom is 0.145 e. The van der Waals surface area contributed by atoms with Crippen LogP contribution in [0, 0.1) is 0 Å². The molecule has 2 heterocycles. The highest BCUT2D eigenvalue weighted by molar-refractivity contribution is 5.47. The van der Waals surface area contributed by atoms with Crippen LogP contribution in [-0.4, -0.2) is 28.7 Å². The summed E-state index contributed by atoms with van der Waals surface area (Å²) in [7, 11) is 0. The second-order valence-corrected chi connectivity index (χ2v) is 4.23.